The second kappa shape index (κ2) is 6.07. The number of hydrogen-bond acceptors (Lipinski definition) is 8. The van der Waals surface area contributed by atoms with Crippen LogP contribution in [0, 0.1) is 5.92 Å². The molecular formula is C18H24N4O5. The van der Waals surface area contributed by atoms with Gasteiger partial charge in [0.1, 0.15) is 6.61 Å². The second-order valence-electron chi connectivity index (χ2n) is 7.35. The van der Waals surface area contributed by atoms with E-state index in [-0.39, 0.29) is 30.3 Å². The summed E-state index contributed by atoms with van der Waals surface area (Å²) in [5.74, 6) is -1.03. The summed E-state index contributed by atoms with van der Waals surface area (Å²) < 4.78 is 11.0. The highest BCUT2D eigenvalue weighted by molar-refractivity contribution is 6.25. The fraction of sp³-hybridized carbons (Fsp3) is 0.611. The maximum absolute atomic E-state index is 13.3. The van der Waals surface area contributed by atoms with Gasteiger partial charge in [-0.3, -0.25) is 9.59 Å². The minimum atomic E-state index is -0.934. The molecular weight excluding hydrogens is 352 g/mol. The lowest BCUT2D eigenvalue weighted by Gasteiger charge is -2.39. The minimum Gasteiger partial charge on any atom is -0.449 e. The molecule has 2 saturated heterocycles. The fourth-order valence-corrected chi connectivity index (χ4v) is 4.75. The monoisotopic (exact) mass is 376 g/mol. The Kier molecular flexibility index (Phi) is 4.04. The van der Waals surface area contributed by atoms with Gasteiger partial charge in [0.2, 0.25) is 11.6 Å². The summed E-state index contributed by atoms with van der Waals surface area (Å²) in [5.41, 5.74) is 5.67. The van der Waals surface area contributed by atoms with Gasteiger partial charge in [-0.25, -0.2) is 4.79 Å². The molecule has 0 aromatic heterocycles. The maximum atomic E-state index is 13.3. The van der Waals surface area contributed by atoms with Crippen molar-refractivity contribution in [2.45, 2.75) is 38.1 Å². The molecule has 1 aliphatic carbocycles. The highest BCUT2D eigenvalue weighted by atomic mass is 16.6. The molecule has 0 bridgehead atoms. The van der Waals surface area contributed by atoms with Gasteiger partial charge in [0, 0.05) is 37.4 Å². The number of nitrogens with one attached hydrogen (secondary N) is 2. The number of ketones is 2. The van der Waals surface area contributed by atoms with Gasteiger partial charge in [-0.1, -0.05) is 6.92 Å². The van der Waals surface area contributed by atoms with E-state index >= 15 is 0 Å². The van der Waals surface area contributed by atoms with Gasteiger partial charge < -0.3 is 30.7 Å². The molecule has 3 aliphatic heterocycles. The largest absolute Gasteiger partial charge is 0.449 e. The summed E-state index contributed by atoms with van der Waals surface area (Å²) >= 11 is 0. The first-order valence-corrected chi connectivity index (χ1v) is 9.17. The molecule has 9 nitrogen and oxygen atoms in total. The number of amides is 1. The Hall–Kier alpha value is -2.39. The Morgan fingerprint density at radius 2 is 2.15 bits per heavy atom. The van der Waals surface area contributed by atoms with Crippen LogP contribution in [0.25, 0.3) is 0 Å². The number of ether oxygens (including phenoxy) is 2. The number of carbonyl (C=O) groups is 3. The first kappa shape index (κ1) is 18.0. The number of fused-ring (bicyclic) bond motifs is 4. The van der Waals surface area contributed by atoms with Crippen molar-refractivity contribution in [1.82, 2.24) is 15.5 Å². The van der Waals surface area contributed by atoms with Gasteiger partial charge in [-0.15, -0.1) is 0 Å². The van der Waals surface area contributed by atoms with Crippen LogP contribution in [0.2, 0.25) is 0 Å². The molecule has 2 unspecified atom stereocenters. The van der Waals surface area contributed by atoms with Crippen LogP contribution in [-0.2, 0) is 19.1 Å². The van der Waals surface area contributed by atoms with Crippen LogP contribution in [0.3, 0.4) is 0 Å². The predicted octanol–water partition coefficient (Wildman–Crippen LogP) is -0.610. The Morgan fingerprint density at radius 1 is 1.41 bits per heavy atom. The quantitative estimate of drug-likeness (QED) is 0.413. The van der Waals surface area contributed by atoms with Crippen molar-refractivity contribution >= 4 is 17.7 Å². The number of rotatable bonds is 6. The van der Waals surface area contributed by atoms with E-state index in [1.165, 1.54) is 0 Å². The van der Waals surface area contributed by atoms with Gasteiger partial charge in [0.15, 0.2) is 5.72 Å². The van der Waals surface area contributed by atoms with Crippen LogP contribution in [-0.4, -0.2) is 67.2 Å². The standard InChI is InChI=1S/C18H24N4O5/c1-4-5-20-12-8(2)14(23)13-11(15(12)24)9(7-27-17(19)25)18(26-3)16-10(21-16)6-22(13)18/h9-10,16,20-21H,4-7H2,1-3H3,(H2,19,25)/t9-,10?,16?,18-/m1/s1. The van der Waals surface area contributed by atoms with Crippen molar-refractivity contribution in [2.75, 3.05) is 26.8 Å². The van der Waals surface area contributed by atoms with Gasteiger partial charge in [-0.2, -0.15) is 0 Å². The van der Waals surface area contributed by atoms with Gasteiger partial charge >= 0.3 is 6.09 Å². The predicted molar refractivity (Wildman–Crippen MR) is 94.2 cm³/mol. The Labute approximate surface area is 156 Å². The Bertz CT molecular complexity index is 804. The van der Waals surface area contributed by atoms with Crippen LogP contribution in [0.15, 0.2) is 22.5 Å². The zero-order chi connectivity index (χ0) is 19.5. The number of nitrogens with zero attached hydrogens (tertiary/aromatic N) is 1. The molecule has 0 spiro atoms. The lowest BCUT2D eigenvalue weighted by molar-refractivity contribution is -0.137. The molecule has 9 heteroatoms. The minimum absolute atomic E-state index is 0.0393. The van der Waals surface area contributed by atoms with E-state index in [1.54, 1.807) is 14.0 Å². The number of nitrogens with two attached hydrogens (primary N) is 1. The molecule has 2 fully saturated rings. The van der Waals surface area contributed by atoms with Crippen molar-refractivity contribution in [3.05, 3.63) is 22.5 Å². The zero-order valence-electron chi connectivity index (χ0n) is 15.6. The molecule has 0 saturated carbocycles. The third-order valence-corrected chi connectivity index (χ3v) is 5.98. The number of piperazine rings is 1. The highest BCUT2D eigenvalue weighted by Crippen LogP contribution is 2.55. The van der Waals surface area contributed by atoms with Crippen molar-refractivity contribution in [3.8, 4) is 0 Å². The first-order valence-electron chi connectivity index (χ1n) is 9.17. The zero-order valence-corrected chi connectivity index (χ0v) is 15.6. The van der Waals surface area contributed by atoms with Gasteiger partial charge in [0.25, 0.3) is 0 Å². The molecule has 3 heterocycles. The molecule has 0 aromatic rings. The molecule has 1 amide bonds. The Balaban J connectivity index is 1.79. The van der Waals surface area contributed by atoms with E-state index in [9.17, 15) is 14.4 Å². The number of carbonyl (C=O) groups excluding carboxylic acids is 3. The molecule has 4 aliphatic rings. The van der Waals surface area contributed by atoms with E-state index in [0.29, 0.717) is 35.6 Å². The van der Waals surface area contributed by atoms with Crippen molar-refractivity contribution in [2.24, 2.45) is 11.7 Å². The molecule has 0 aromatic carbocycles. The van der Waals surface area contributed by atoms with Crippen LogP contribution >= 0.6 is 0 Å². The van der Waals surface area contributed by atoms with Crippen molar-refractivity contribution in [3.63, 3.8) is 0 Å². The molecule has 4 atom stereocenters. The van der Waals surface area contributed by atoms with E-state index < -0.39 is 17.7 Å². The molecule has 4 N–H and O–H groups in total. The lowest BCUT2D eigenvalue weighted by atomic mass is 9.82. The smallest absolute Gasteiger partial charge is 0.404 e. The van der Waals surface area contributed by atoms with Crippen LogP contribution in [0.1, 0.15) is 20.3 Å². The number of Topliss-reactive ketones (excluding diaryl/α,β-unsaturated/α-hetero) is 2. The summed E-state index contributed by atoms with van der Waals surface area (Å²) in [7, 11) is 1.55. The molecule has 27 heavy (non-hydrogen) atoms. The third-order valence-electron chi connectivity index (χ3n) is 5.98. The van der Waals surface area contributed by atoms with Crippen LogP contribution < -0.4 is 16.4 Å². The van der Waals surface area contributed by atoms with E-state index in [4.69, 9.17) is 15.2 Å². The number of hydrogen-bond donors (Lipinski definition) is 3. The third kappa shape index (κ3) is 2.28. The summed E-state index contributed by atoms with van der Waals surface area (Å²) in [4.78, 5) is 39.6. The average molecular weight is 376 g/mol. The molecule has 4 rings (SSSR count). The van der Waals surface area contributed by atoms with Crippen molar-refractivity contribution < 1.29 is 23.9 Å². The number of allylic oxidation sites excluding steroid dienone is 2. The van der Waals surface area contributed by atoms with Gasteiger partial charge in [-0.05, 0) is 13.3 Å². The van der Waals surface area contributed by atoms with E-state index in [2.05, 4.69) is 10.6 Å². The summed E-state index contributed by atoms with van der Waals surface area (Å²) in [5, 5.41) is 6.41. The van der Waals surface area contributed by atoms with Crippen molar-refractivity contribution in [1.29, 1.82) is 0 Å². The van der Waals surface area contributed by atoms with Crippen LogP contribution in [0.5, 0.6) is 0 Å². The SMILES string of the molecule is CCCNC1=C(C)C(=O)C2=C(C1=O)[C@@H](COC(N)=O)[C@@]1(OC)C3NC3CN21. The Morgan fingerprint density at radius 3 is 2.78 bits per heavy atom. The fourth-order valence-electron chi connectivity index (χ4n) is 4.75. The summed E-state index contributed by atoms with van der Waals surface area (Å²) in [6, 6.07) is 0.143. The normalized spacial score (nSPS) is 33.9. The average Bonchev–Trinajstić information content (AvgIpc) is 3.24. The number of methoxy groups -OCH3 is 1. The van der Waals surface area contributed by atoms with E-state index in [1.807, 2.05) is 11.8 Å². The van der Waals surface area contributed by atoms with E-state index in [0.717, 1.165) is 6.42 Å². The van der Waals surface area contributed by atoms with Gasteiger partial charge in [0.05, 0.1) is 23.4 Å². The summed E-state index contributed by atoms with van der Waals surface area (Å²) in [6.07, 6.45) is -0.106. The summed E-state index contributed by atoms with van der Waals surface area (Å²) in [6.45, 7) is 4.68. The number of primary amides is 1. The topological polar surface area (TPSA) is 133 Å². The highest BCUT2D eigenvalue weighted by Gasteiger charge is 2.72. The lowest BCUT2D eigenvalue weighted by Crippen LogP contribution is -2.55. The first-order chi connectivity index (χ1) is 12.9. The second-order valence-corrected chi connectivity index (χ2v) is 7.35. The molecule has 146 valence electrons. The maximum Gasteiger partial charge on any atom is 0.404 e. The molecule has 0 radical (unpaired) electrons. The van der Waals surface area contributed by atoms with Crippen LogP contribution in [0.4, 0.5) is 4.79 Å².